The fourth-order valence-electron chi connectivity index (χ4n) is 5.35. The maximum Gasteiger partial charge on any atom is 0.451 e. The van der Waals surface area contributed by atoms with Crippen LogP contribution in [0.15, 0.2) is 11.1 Å². The van der Waals surface area contributed by atoms with Gasteiger partial charge in [0.1, 0.15) is 59.7 Å². The first-order valence-electron chi connectivity index (χ1n) is 13.0. The van der Waals surface area contributed by atoms with Crippen LogP contribution in [0, 0.1) is 103 Å². The van der Waals surface area contributed by atoms with Crippen LogP contribution in [0.2, 0.25) is 0 Å². The van der Waals surface area contributed by atoms with Gasteiger partial charge in [0, 0.05) is 44.5 Å². The van der Waals surface area contributed by atoms with Crippen LogP contribution in [0.5, 0.6) is 0 Å². The van der Waals surface area contributed by atoms with E-state index in [9.17, 15) is 77.2 Å². The summed E-state index contributed by atoms with van der Waals surface area (Å²) in [6.07, 6.45) is -14.9. The molecule has 0 radical (unpaired) electrons. The minimum Gasteiger partial charge on any atom is -0.204 e. The van der Waals surface area contributed by atoms with Crippen LogP contribution in [-0.2, 0) is 12.4 Å². The van der Waals surface area contributed by atoms with Crippen molar-refractivity contribution in [3.05, 3.63) is 80.0 Å². The lowest BCUT2D eigenvalue weighted by Gasteiger charge is -2.16. The zero-order valence-electron chi connectivity index (χ0n) is 24.3. The standard InChI is InChI=1S/C30F8N14/c31-27-49-24(50-28(32)52-27)22-13(7-45)18-11(5-43)17-12(6-44)21(23-47-25(29(33,34)35)51-26(48-23)30(36,37)38)15(9(1-39)2-40)19(17)14(8-46)20(18)16(22)10(3-41)4-42. The van der Waals surface area contributed by atoms with Crippen molar-refractivity contribution in [1.29, 1.82) is 42.1 Å². The fourth-order valence-corrected chi connectivity index (χ4v) is 5.35. The van der Waals surface area contributed by atoms with E-state index >= 15 is 0 Å². The van der Waals surface area contributed by atoms with Gasteiger partial charge in [0.05, 0.1) is 22.3 Å². The maximum absolute atomic E-state index is 14.2. The Morgan fingerprint density at radius 1 is 0.442 bits per heavy atom. The second kappa shape index (κ2) is 12.2. The number of benzene rings is 1. The molecule has 0 saturated carbocycles. The molecule has 0 saturated heterocycles. The molecule has 0 atom stereocenters. The summed E-state index contributed by atoms with van der Waals surface area (Å²) in [6, 6.07) is 11.6. The largest absolute Gasteiger partial charge is 0.451 e. The van der Waals surface area contributed by atoms with Gasteiger partial charge in [-0.05, 0) is 0 Å². The Bertz CT molecular complexity index is 2630. The highest BCUT2D eigenvalue weighted by Crippen LogP contribution is 2.57. The maximum atomic E-state index is 14.2. The second-order valence-corrected chi connectivity index (χ2v) is 9.64. The van der Waals surface area contributed by atoms with Crippen molar-refractivity contribution in [3.8, 4) is 48.6 Å². The summed E-state index contributed by atoms with van der Waals surface area (Å²) in [5.41, 5.74) is -13.2. The molecular formula is C30F8N14. The summed E-state index contributed by atoms with van der Waals surface area (Å²) in [4.78, 5) is 17.7. The minimum atomic E-state index is -5.69. The van der Waals surface area contributed by atoms with E-state index in [-0.39, 0.29) is 0 Å². The molecule has 0 bridgehead atoms. The first-order valence-corrected chi connectivity index (χ1v) is 13.0. The monoisotopic (exact) mass is 708 g/mol. The summed E-state index contributed by atoms with van der Waals surface area (Å²) in [5.74, 6) is -7.56. The topological polar surface area (TPSA) is 268 Å². The molecule has 0 spiro atoms. The third-order valence-corrected chi connectivity index (χ3v) is 7.06. The number of halogens is 8. The molecule has 0 unspecified atom stereocenters. The van der Waals surface area contributed by atoms with Crippen molar-refractivity contribution in [2.75, 3.05) is 0 Å². The van der Waals surface area contributed by atoms with E-state index in [4.69, 9.17) is 0 Å². The molecular weight excluding hydrogens is 708 g/mol. The lowest BCUT2D eigenvalue weighted by molar-refractivity contribution is -0.155. The van der Waals surface area contributed by atoms with Crippen LogP contribution in [0.1, 0.15) is 56.7 Å². The highest BCUT2D eigenvalue weighted by molar-refractivity contribution is 6.31. The van der Waals surface area contributed by atoms with Crippen LogP contribution in [0.3, 0.4) is 0 Å². The number of alkyl halides is 6. The van der Waals surface area contributed by atoms with Crippen molar-refractivity contribution < 1.29 is 35.1 Å². The highest BCUT2D eigenvalue weighted by Gasteiger charge is 2.47. The molecule has 3 aromatic rings. The lowest BCUT2D eigenvalue weighted by atomic mass is 9.83. The first-order chi connectivity index (χ1) is 24.6. The lowest BCUT2D eigenvalue weighted by Crippen LogP contribution is -2.21. The van der Waals surface area contributed by atoms with Gasteiger partial charge in [-0.15, -0.1) is 0 Å². The normalized spacial score (nSPS) is 13.0. The molecule has 0 N–H and O–H groups in total. The molecule has 0 amide bonds. The molecule has 2 aromatic heterocycles. The van der Waals surface area contributed by atoms with E-state index in [1.165, 1.54) is 30.3 Å². The van der Waals surface area contributed by atoms with Gasteiger partial charge in [-0.2, -0.15) is 92.2 Å². The Kier molecular flexibility index (Phi) is 8.20. The summed E-state index contributed by atoms with van der Waals surface area (Å²) < 4.78 is 111. The summed E-state index contributed by atoms with van der Waals surface area (Å²) in [6.45, 7) is 0. The van der Waals surface area contributed by atoms with Crippen LogP contribution in [0.4, 0.5) is 35.1 Å². The van der Waals surface area contributed by atoms with Gasteiger partial charge in [0.25, 0.3) is 0 Å². The van der Waals surface area contributed by atoms with E-state index < -0.39 is 126 Å². The Morgan fingerprint density at radius 2 is 0.788 bits per heavy atom. The molecule has 246 valence electrons. The predicted octanol–water partition coefficient (Wildman–Crippen LogP) is 4.61. The average molecular weight is 708 g/mol. The number of rotatable bonds is 2. The predicted molar refractivity (Wildman–Crippen MR) is 147 cm³/mol. The van der Waals surface area contributed by atoms with E-state index in [1.54, 1.807) is 18.2 Å². The number of aromatic nitrogens is 6. The average Bonchev–Trinajstić information content (AvgIpc) is 3.61. The molecule has 2 aliphatic carbocycles. The molecule has 0 aliphatic heterocycles. The molecule has 2 heterocycles. The molecule has 0 fully saturated rings. The summed E-state index contributed by atoms with van der Waals surface area (Å²) >= 11 is 0. The number of nitrogens with zero attached hydrogens (tertiary/aromatic N) is 14. The Morgan fingerprint density at radius 3 is 1.10 bits per heavy atom. The number of nitriles is 8. The molecule has 5 rings (SSSR count). The van der Waals surface area contributed by atoms with Gasteiger partial charge in [0.2, 0.25) is 11.6 Å². The van der Waals surface area contributed by atoms with E-state index in [0.717, 1.165) is 0 Å². The minimum absolute atomic E-state index is 0.749. The van der Waals surface area contributed by atoms with Gasteiger partial charge in [0.15, 0.2) is 11.6 Å². The number of hydrogen-bond acceptors (Lipinski definition) is 14. The Labute approximate surface area is 281 Å². The van der Waals surface area contributed by atoms with Crippen LogP contribution in [-0.4, -0.2) is 29.9 Å². The van der Waals surface area contributed by atoms with Crippen molar-refractivity contribution in [3.63, 3.8) is 0 Å². The summed E-state index contributed by atoms with van der Waals surface area (Å²) in [7, 11) is 0. The zero-order valence-corrected chi connectivity index (χ0v) is 24.3. The number of hydrogen-bond donors (Lipinski definition) is 0. The number of fused-ring (bicyclic) bond motifs is 2. The van der Waals surface area contributed by atoms with Crippen LogP contribution >= 0.6 is 0 Å². The Balaban J connectivity index is 2.13. The number of allylic oxidation sites excluding steroid dienone is 8. The van der Waals surface area contributed by atoms with E-state index in [2.05, 4.69) is 29.9 Å². The third kappa shape index (κ3) is 5.12. The SMILES string of the molecule is N#CC(C#N)=C1C(c2nc(F)nc(F)n2)=C(C#N)c2c(C#N)c3c(c(C#N)c21)C(=C(C#N)C#N)C(c1nc(C(F)(F)F)nc(C(F)(F)F)n1)=C3C#N. The molecule has 14 nitrogen and oxygen atoms in total. The fraction of sp³-hybridized carbons (Fsp3) is 0.0667. The van der Waals surface area contributed by atoms with E-state index in [0.29, 0.717) is 0 Å². The van der Waals surface area contributed by atoms with Gasteiger partial charge in [-0.3, -0.25) is 0 Å². The zero-order chi connectivity index (χ0) is 38.4. The van der Waals surface area contributed by atoms with Crippen molar-refractivity contribution in [2.45, 2.75) is 12.4 Å². The van der Waals surface area contributed by atoms with E-state index in [1.807, 2.05) is 0 Å². The third-order valence-electron chi connectivity index (χ3n) is 7.06. The molecule has 52 heavy (non-hydrogen) atoms. The van der Waals surface area contributed by atoms with Crippen molar-refractivity contribution in [1.82, 2.24) is 29.9 Å². The van der Waals surface area contributed by atoms with Crippen molar-refractivity contribution in [2.24, 2.45) is 0 Å². The van der Waals surface area contributed by atoms with Gasteiger partial charge >= 0.3 is 24.5 Å². The van der Waals surface area contributed by atoms with Crippen molar-refractivity contribution >= 4 is 33.4 Å². The quantitative estimate of drug-likeness (QED) is 0.260. The molecule has 22 heteroatoms. The van der Waals surface area contributed by atoms with Gasteiger partial charge < -0.3 is 0 Å². The first kappa shape index (κ1) is 34.9. The van der Waals surface area contributed by atoms with Crippen LogP contribution < -0.4 is 0 Å². The molecule has 1 aromatic carbocycles. The van der Waals surface area contributed by atoms with Gasteiger partial charge in [-0.25, -0.2) is 15.0 Å². The van der Waals surface area contributed by atoms with Gasteiger partial charge in [-0.1, -0.05) is 0 Å². The summed E-state index contributed by atoms with van der Waals surface area (Å²) in [5, 5.41) is 81.1. The Hall–Kier alpha value is -8.44. The smallest absolute Gasteiger partial charge is 0.204 e. The second-order valence-electron chi connectivity index (χ2n) is 9.64. The van der Waals surface area contributed by atoms with Crippen LogP contribution in [0.25, 0.3) is 33.4 Å². The highest BCUT2D eigenvalue weighted by atomic mass is 19.4. The molecule has 2 aliphatic rings.